The number of carbonyl (C=O) groups is 1. The van der Waals surface area contributed by atoms with Crippen LogP contribution in [0.5, 0.6) is 5.75 Å². The van der Waals surface area contributed by atoms with E-state index in [0.717, 1.165) is 55.5 Å². The van der Waals surface area contributed by atoms with Gasteiger partial charge in [0.15, 0.2) is 15.6 Å². The molecule has 0 fully saturated rings. The predicted molar refractivity (Wildman–Crippen MR) is 220 cm³/mol. The zero-order valence-electron chi connectivity index (χ0n) is 31.1. The Hall–Kier alpha value is -5.70. The highest BCUT2D eigenvalue weighted by atomic mass is 35.5. The largest absolute Gasteiger partial charge is 0.505 e. The standard InChI is InChI=1S/C33H26ClN7O17S5/c1-16(42)56-11-12-60(45,46)19-7-5-18(6-8-19)35-32-37-31(34)38-33(39-32)36-24-15-20(61(47,48)49)13-17-14-25(59-58-57-44)28(29(43)27(17)24)41-40-23-10-9-21-22(30(23)63(53,54)55)3-2-4-26(21)62(50,51)52/h2-10,13-15,43-44H,11-12H2,1H3,(H,47,48,49)(H,50,51,52)(H,53,54,55)(H2,35,36,37,38,39). The van der Waals surface area contributed by atoms with Gasteiger partial charge in [-0.3, -0.25) is 18.5 Å². The molecule has 6 rings (SSSR count). The van der Waals surface area contributed by atoms with E-state index in [9.17, 15) is 57.2 Å². The lowest BCUT2D eigenvalue weighted by Gasteiger charge is -2.15. The van der Waals surface area contributed by atoms with Crippen molar-refractivity contribution in [3.63, 3.8) is 0 Å². The van der Waals surface area contributed by atoms with Gasteiger partial charge >= 0.3 is 5.97 Å². The third-order valence-corrected chi connectivity index (χ3v) is 13.5. The average Bonchev–Trinajstić information content (AvgIpc) is 3.17. The molecule has 5 aromatic carbocycles. The molecule has 30 heteroatoms. The second kappa shape index (κ2) is 18.2. The van der Waals surface area contributed by atoms with E-state index in [1.165, 1.54) is 24.3 Å². The number of phenols is 1. The van der Waals surface area contributed by atoms with Crippen LogP contribution in [0.15, 0.2) is 108 Å². The van der Waals surface area contributed by atoms with Gasteiger partial charge in [0.25, 0.3) is 30.4 Å². The van der Waals surface area contributed by atoms with Gasteiger partial charge in [0, 0.05) is 28.8 Å². The number of azo groups is 1. The topological polar surface area (TPSA) is 370 Å². The van der Waals surface area contributed by atoms with Gasteiger partial charge < -0.3 is 20.5 Å². The van der Waals surface area contributed by atoms with Crippen molar-refractivity contribution in [3.05, 3.63) is 78.1 Å². The minimum atomic E-state index is -5.24. The number of phenolic OH excluding ortho intramolecular Hbond substituents is 1. The molecule has 6 aromatic rings. The fourth-order valence-corrected chi connectivity index (χ4v) is 9.58. The van der Waals surface area contributed by atoms with Gasteiger partial charge in [0.1, 0.15) is 27.8 Å². The lowest BCUT2D eigenvalue weighted by molar-refractivity contribution is -0.432. The molecule has 0 saturated carbocycles. The number of sulfone groups is 1. The highest BCUT2D eigenvalue weighted by Crippen LogP contribution is 2.48. The molecule has 0 unspecified atom stereocenters. The molecular formula is C33H26ClN7O17S5. The number of aromatic hydroxyl groups is 1. The first-order chi connectivity index (χ1) is 29.5. The molecule has 1 aromatic heterocycles. The minimum absolute atomic E-state index is 0.0945. The van der Waals surface area contributed by atoms with Crippen LogP contribution in [0.2, 0.25) is 5.28 Å². The summed E-state index contributed by atoms with van der Waals surface area (Å²) in [5.41, 5.74) is -1.32. The maximum Gasteiger partial charge on any atom is 0.302 e. The number of hydrogen-bond donors (Lipinski definition) is 7. The van der Waals surface area contributed by atoms with E-state index in [2.05, 4.69) is 45.2 Å². The maximum absolute atomic E-state index is 12.7. The normalized spacial score (nSPS) is 12.5. The van der Waals surface area contributed by atoms with Crippen molar-refractivity contribution in [2.45, 2.75) is 31.4 Å². The van der Waals surface area contributed by atoms with Gasteiger partial charge in [0.2, 0.25) is 17.2 Å². The number of esters is 1. The SMILES string of the molecule is CC(=O)OCCS(=O)(=O)c1ccc(Nc2nc(Cl)nc(Nc3cc(S(=O)(=O)O)cc4cc(SOOO)c(N=Nc5ccc6c(S(=O)(=O)O)cccc6c5S(=O)(=O)O)c(O)c34)n2)cc1. The van der Waals surface area contributed by atoms with Gasteiger partial charge in [-0.1, -0.05) is 23.2 Å². The van der Waals surface area contributed by atoms with Gasteiger partial charge in [-0.15, -0.1) is 14.6 Å². The number of nitrogens with one attached hydrogen (secondary N) is 2. The van der Waals surface area contributed by atoms with E-state index >= 15 is 0 Å². The fourth-order valence-electron chi connectivity index (χ4n) is 5.76. The molecule has 332 valence electrons. The number of carbonyl (C=O) groups excluding carboxylic acids is 1. The molecule has 0 aliphatic carbocycles. The van der Waals surface area contributed by atoms with Gasteiger partial charge in [0.05, 0.1) is 38.2 Å². The molecule has 63 heavy (non-hydrogen) atoms. The summed E-state index contributed by atoms with van der Waals surface area (Å²) in [4.78, 5) is 20.3. The monoisotopic (exact) mass is 987 g/mol. The molecular weight excluding hydrogens is 962 g/mol. The Morgan fingerprint density at radius 1 is 0.794 bits per heavy atom. The van der Waals surface area contributed by atoms with Crippen molar-refractivity contribution >= 4 is 126 Å². The van der Waals surface area contributed by atoms with Crippen LogP contribution < -0.4 is 10.6 Å². The van der Waals surface area contributed by atoms with E-state index < -0.39 is 100 Å². The molecule has 0 amide bonds. The van der Waals surface area contributed by atoms with Crippen LogP contribution in [0.25, 0.3) is 21.5 Å². The van der Waals surface area contributed by atoms with Crippen molar-refractivity contribution in [1.82, 2.24) is 15.0 Å². The van der Waals surface area contributed by atoms with Crippen molar-refractivity contribution < 1.29 is 76.6 Å². The summed E-state index contributed by atoms with van der Waals surface area (Å²) in [5.74, 6) is -2.64. The van der Waals surface area contributed by atoms with E-state index in [1.54, 1.807) is 0 Å². The van der Waals surface area contributed by atoms with Gasteiger partial charge in [-0.2, -0.15) is 40.2 Å². The van der Waals surface area contributed by atoms with Crippen LogP contribution in [0.1, 0.15) is 6.92 Å². The van der Waals surface area contributed by atoms with E-state index in [-0.39, 0.29) is 61.9 Å². The van der Waals surface area contributed by atoms with E-state index in [4.69, 9.17) is 21.6 Å². The lowest BCUT2D eigenvalue weighted by Crippen LogP contribution is -2.14. The fraction of sp³-hybridized carbons (Fsp3) is 0.0909. The van der Waals surface area contributed by atoms with Crippen LogP contribution in [0, 0.1) is 0 Å². The smallest absolute Gasteiger partial charge is 0.302 e. The zero-order valence-corrected chi connectivity index (χ0v) is 36.0. The highest BCUT2D eigenvalue weighted by molar-refractivity contribution is 7.94. The van der Waals surface area contributed by atoms with Crippen molar-refractivity contribution in [2.75, 3.05) is 23.0 Å². The van der Waals surface area contributed by atoms with E-state index in [0.29, 0.717) is 0 Å². The number of aromatic nitrogens is 3. The van der Waals surface area contributed by atoms with Crippen LogP contribution >= 0.6 is 23.6 Å². The third-order valence-electron chi connectivity index (χ3n) is 8.30. The number of fused-ring (bicyclic) bond motifs is 2. The summed E-state index contributed by atoms with van der Waals surface area (Å²) < 4.78 is 139. The summed E-state index contributed by atoms with van der Waals surface area (Å²) in [7, 11) is -19.0. The molecule has 24 nitrogen and oxygen atoms in total. The van der Waals surface area contributed by atoms with Crippen LogP contribution in [-0.4, -0.2) is 91.0 Å². The summed E-state index contributed by atoms with van der Waals surface area (Å²) in [6.07, 6.45) is 0. The number of ether oxygens (including phenoxy) is 1. The molecule has 0 radical (unpaired) electrons. The Labute approximate surface area is 364 Å². The number of hydrogen-bond acceptors (Lipinski definition) is 22. The molecule has 0 spiro atoms. The second-order valence-electron chi connectivity index (χ2n) is 12.4. The Morgan fingerprint density at radius 2 is 1.48 bits per heavy atom. The number of benzene rings is 5. The summed E-state index contributed by atoms with van der Waals surface area (Å²) in [6, 6.07) is 13.2. The Morgan fingerprint density at radius 3 is 2.10 bits per heavy atom. The first-order valence-electron chi connectivity index (χ1n) is 16.8. The maximum atomic E-state index is 12.7. The number of halogens is 1. The molecule has 7 N–H and O–H groups in total. The Balaban J connectivity index is 1.44. The van der Waals surface area contributed by atoms with E-state index in [1.807, 2.05) is 0 Å². The summed E-state index contributed by atoms with van der Waals surface area (Å²) in [5, 5.41) is 35.9. The van der Waals surface area contributed by atoms with Gasteiger partial charge in [-0.25, -0.2) is 13.7 Å². The van der Waals surface area contributed by atoms with Crippen LogP contribution in [0.3, 0.4) is 0 Å². The predicted octanol–water partition coefficient (Wildman–Crippen LogP) is 5.94. The molecule has 0 aliphatic rings. The quantitative estimate of drug-likeness (QED) is 0.0147. The molecule has 0 saturated heterocycles. The molecule has 0 bridgehead atoms. The average molecular weight is 988 g/mol. The van der Waals surface area contributed by atoms with Crippen molar-refractivity contribution in [2.24, 2.45) is 10.2 Å². The van der Waals surface area contributed by atoms with Crippen molar-refractivity contribution in [3.8, 4) is 5.75 Å². The molecule has 0 aliphatic heterocycles. The Kier molecular flexibility index (Phi) is 13.5. The molecule has 0 atom stereocenters. The van der Waals surface area contributed by atoms with Crippen LogP contribution in [-0.2, 0) is 59.1 Å². The van der Waals surface area contributed by atoms with Crippen molar-refractivity contribution in [1.29, 1.82) is 0 Å². The number of nitrogens with zero attached hydrogens (tertiary/aromatic N) is 5. The first-order valence-corrected chi connectivity index (χ1v) is 23.9. The number of rotatable bonds is 16. The number of anilines is 4. The third kappa shape index (κ3) is 10.9. The first kappa shape index (κ1) is 46.8. The van der Waals surface area contributed by atoms with Crippen LogP contribution in [0.4, 0.5) is 34.6 Å². The Bertz CT molecular complexity index is 3310. The summed E-state index contributed by atoms with van der Waals surface area (Å²) in [6.45, 7) is 0.778. The highest BCUT2D eigenvalue weighted by Gasteiger charge is 2.26. The molecule has 1 heterocycles. The lowest BCUT2D eigenvalue weighted by atomic mass is 10.1. The zero-order chi connectivity index (χ0) is 46.1. The summed E-state index contributed by atoms with van der Waals surface area (Å²) >= 11 is 6.35. The second-order valence-corrected chi connectivity index (χ2v) is 19.8. The van der Waals surface area contributed by atoms with Gasteiger partial charge in [-0.05, 0) is 71.6 Å². The minimum Gasteiger partial charge on any atom is -0.505 e.